The zero-order chi connectivity index (χ0) is 11.2. The standard InChI is InChI=1S/C14H16N2/c1-12(14-5-3-2-4-6-14)16-11-13-7-9-15-10-8-13/h2-10,12,16H,11H2,1H3/p+1/t12-/m1/s1. The highest BCUT2D eigenvalue weighted by molar-refractivity contribution is 5.16. The average molecular weight is 213 g/mol. The lowest BCUT2D eigenvalue weighted by Crippen LogP contribution is -2.83. The lowest BCUT2D eigenvalue weighted by Gasteiger charge is -2.10. The molecule has 1 aromatic heterocycles. The van der Waals surface area contributed by atoms with Crippen molar-refractivity contribution in [3.05, 3.63) is 66.0 Å². The maximum Gasteiger partial charge on any atom is 0.109 e. The van der Waals surface area contributed by atoms with Gasteiger partial charge in [0, 0.05) is 23.5 Å². The van der Waals surface area contributed by atoms with E-state index in [-0.39, 0.29) is 0 Å². The summed E-state index contributed by atoms with van der Waals surface area (Å²) in [5, 5.41) is 2.34. The molecule has 82 valence electrons. The number of aromatic nitrogens is 1. The minimum Gasteiger partial charge on any atom is -0.337 e. The summed E-state index contributed by atoms with van der Waals surface area (Å²) in [7, 11) is 0. The van der Waals surface area contributed by atoms with Crippen molar-refractivity contribution in [3.8, 4) is 0 Å². The molecule has 16 heavy (non-hydrogen) atoms. The highest BCUT2D eigenvalue weighted by atomic mass is 14.9. The third kappa shape index (κ3) is 2.91. The van der Waals surface area contributed by atoms with Gasteiger partial charge in [-0.2, -0.15) is 0 Å². The summed E-state index contributed by atoms with van der Waals surface area (Å²) in [6, 6.07) is 15.2. The smallest absolute Gasteiger partial charge is 0.109 e. The van der Waals surface area contributed by atoms with Crippen LogP contribution in [0.25, 0.3) is 0 Å². The molecule has 0 unspecified atom stereocenters. The molecule has 2 heteroatoms. The van der Waals surface area contributed by atoms with Crippen molar-refractivity contribution in [1.82, 2.24) is 4.98 Å². The summed E-state index contributed by atoms with van der Waals surface area (Å²) in [6.07, 6.45) is 3.69. The van der Waals surface area contributed by atoms with Crippen molar-refractivity contribution in [2.24, 2.45) is 0 Å². The molecule has 0 bridgehead atoms. The molecular formula is C14H17N2+. The Hall–Kier alpha value is -1.67. The van der Waals surface area contributed by atoms with Crippen molar-refractivity contribution >= 4 is 0 Å². The SMILES string of the molecule is C[C@@H]([NH2+]Cc1ccncc1)c1ccccc1. The molecule has 0 radical (unpaired) electrons. The number of nitrogens with zero attached hydrogens (tertiary/aromatic N) is 1. The van der Waals surface area contributed by atoms with Crippen LogP contribution in [0.3, 0.4) is 0 Å². The van der Waals surface area contributed by atoms with Crippen LogP contribution in [0, 0.1) is 0 Å². The fraction of sp³-hybridized carbons (Fsp3) is 0.214. The summed E-state index contributed by atoms with van der Waals surface area (Å²) in [6.45, 7) is 3.23. The molecular weight excluding hydrogens is 196 g/mol. The number of hydrogen-bond donors (Lipinski definition) is 1. The molecule has 2 N–H and O–H groups in total. The van der Waals surface area contributed by atoms with Crippen LogP contribution < -0.4 is 5.32 Å². The van der Waals surface area contributed by atoms with Gasteiger partial charge in [0.05, 0.1) is 0 Å². The molecule has 0 fully saturated rings. The molecule has 1 atom stereocenters. The van der Waals surface area contributed by atoms with Gasteiger partial charge in [-0.1, -0.05) is 30.3 Å². The van der Waals surface area contributed by atoms with E-state index in [2.05, 4.69) is 59.7 Å². The minimum absolute atomic E-state index is 0.495. The second-order valence-corrected chi connectivity index (χ2v) is 3.99. The van der Waals surface area contributed by atoms with E-state index in [1.165, 1.54) is 11.1 Å². The van der Waals surface area contributed by atoms with Crippen LogP contribution in [-0.4, -0.2) is 4.98 Å². The average Bonchev–Trinajstić information content (AvgIpc) is 2.38. The fourth-order valence-electron chi connectivity index (χ4n) is 1.72. The van der Waals surface area contributed by atoms with E-state index in [0.29, 0.717) is 6.04 Å². The van der Waals surface area contributed by atoms with E-state index >= 15 is 0 Å². The van der Waals surface area contributed by atoms with Gasteiger partial charge in [0.2, 0.25) is 0 Å². The zero-order valence-electron chi connectivity index (χ0n) is 9.51. The van der Waals surface area contributed by atoms with Gasteiger partial charge >= 0.3 is 0 Å². The van der Waals surface area contributed by atoms with E-state index in [9.17, 15) is 0 Å². The summed E-state index contributed by atoms with van der Waals surface area (Å²) < 4.78 is 0. The van der Waals surface area contributed by atoms with E-state index in [1.54, 1.807) is 0 Å². The second-order valence-electron chi connectivity index (χ2n) is 3.99. The van der Waals surface area contributed by atoms with Crippen molar-refractivity contribution in [2.45, 2.75) is 19.5 Å². The van der Waals surface area contributed by atoms with Crippen molar-refractivity contribution < 1.29 is 5.32 Å². The van der Waals surface area contributed by atoms with Gasteiger partial charge in [0.1, 0.15) is 12.6 Å². The quantitative estimate of drug-likeness (QED) is 0.826. The summed E-state index contributed by atoms with van der Waals surface area (Å²) in [4.78, 5) is 4.02. The summed E-state index contributed by atoms with van der Waals surface area (Å²) >= 11 is 0. The Bertz CT molecular complexity index is 411. The molecule has 0 aliphatic heterocycles. The first-order valence-corrected chi connectivity index (χ1v) is 5.63. The predicted octanol–water partition coefficient (Wildman–Crippen LogP) is 1.91. The molecule has 2 aromatic rings. The van der Waals surface area contributed by atoms with Crippen LogP contribution in [0.2, 0.25) is 0 Å². The van der Waals surface area contributed by atoms with Crippen molar-refractivity contribution in [2.75, 3.05) is 0 Å². The zero-order valence-corrected chi connectivity index (χ0v) is 9.51. The van der Waals surface area contributed by atoms with Gasteiger partial charge < -0.3 is 5.32 Å². The van der Waals surface area contributed by atoms with Crippen molar-refractivity contribution in [3.63, 3.8) is 0 Å². The van der Waals surface area contributed by atoms with Crippen LogP contribution in [0.4, 0.5) is 0 Å². The Morgan fingerprint density at radius 2 is 1.75 bits per heavy atom. The molecule has 1 heterocycles. The first kappa shape index (κ1) is 10.8. The molecule has 2 rings (SSSR count). The van der Waals surface area contributed by atoms with E-state index in [4.69, 9.17) is 0 Å². The Labute approximate surface area is 96.4 Å². The maximum absolute atomic E-state index is 4.02. The lowest BCUT2D eigenvalue weighted by molar-refractivity contribution is -0.707. The van der Waals surface area contributed by atoms with Gasteiger partial charge in [-0.3, -0.25) is 4.98 Å². The first-order chi connectivity index (χ1) is 7.86. The monoisotopic (exact) mass is 213 g/mol. The third-order valence-electron chi connectivity index (χ3n) is 2.78. The molecule has 0 aliphatic carbocycles. The Morgan fingerprint density at radius 3 is 2.44 bits per heavy atom. The normalized spacial score (nSPS) is 12.3. The lowest BCUT2D eigenvalue weighted by atomic mass is 10.1. The number of quaternary nitrogens is 1. The molecule has 2 nitrogen and oxygen atoms in total. The topological polar surface area (TPSA) is 29.5 Å². The highest BCUT2D eigenvalue weighted by Gasteiger charge is 2.06. The van der Waals surface area contributed by atoms with Gasteiger partial charge in [-0.15, -0.1) is 0 Å². The first-order valence-electron chi connectivity index (χ1n) is 5.63. The molecule has 0 saturated carbocycles. The molecule has 0 amide bonds. The van der Waals surface area contributed by atoms with Crippen LogP contribution in [-0.2, 0) is 6.54 Å². The maximum atomic E-state index is 4.02. The van der Waals surface area contributed by atoms with E-state index in [1.807, 2.05) is 12.4 Å². The number of nitrogens with two attached hydrogens (primary N) is 1. The molecule has 0 spiro atoms. The number of benzene rings is 1. The van der Waals surface area contributed by atoms with Gasteiger partial charge in [-0.05, 0) is 19.1 Å². The van der Waals surface area contributed by atoms with Crippen LogP contribution in [0.1, 0.15) is 24.1 Å². The third-order valence-corrected chi connectivity index (χ3v) is 2.78. The Morgan fingerprint density at radius 1 is 1.06 bits per heavy atom. The van der Waals surface area contributed by atoms with Gasteiger partial charge in [0.15, 0.2) is 0 Å². The number of rotatable bonds is 4. The van der Waals surface area contributed by atoms with Gasteiger partial charge in [0.25, 0.3) is 0 Å². The largest absolute Gasteiger partial charge is 0.337 e. The highest BCUT2D eigenvalue weighted by Crippen LogP contribution is 2.06. The second kappa shape index (κ2) is 5.42. The van der Waals surface area contributed by atoms with Crippen LogP contribution in [0.15, 0.2) is 54.9 Å². The summed E-state index contributed by atoms with van der Waals surface area (Å²) in [5.41, 5.74) is 2.69. The predicted molar refractivity (Wildman–Crippen MR) is 64.7 cm³/mol. The Balaban J connectivity index is 1.92. The van der Waals surface area contributed by atoms with Gasteiger partial charge in [-0.25, -0.2) is 0 Å². The summed E-state index contributed by atoms with van der Waals surface area (Å²) in [5.74, 6) is 0. The fourth-order valence-corrected chi connectivity index (χ4v) is 1.72. The number of hydrogen-bond acceptors (Lipinski definition) is 1. The van der Waals surface area contributed by atoms with E-state index in [0.717, 1.165) is 6.54 Å². The molecule has 1 aromatic carbocycles. The molecule has 0 saturated heterocycles. The number of pyridine rings is 1. The molecule has 0 aliphatic rings. The van der Waals surface area contributed by atoms with Crippen molar-refractivity contribution in [1.29, 1.82) is 0 Å². The van der Waals surface area contributed by atoms with Crippen LogP contribution in [0.5, 0.6) is 0 Å². The minimum atomic E-state index is 0.495. The van der Waals surface area contributed by atoms with Crippen LogP contribution >= 0.6 is 0 Å². The Kier molecular flexibility index (Phi) is 3.67. The van der Waals surface area contributed by atoms with E-state index < -0.39 is 0 Å².